The Morgan fingerprint density at radius 3 is 2.56 bits per heavy atom. The average molecular weight is 377 g/mol. The number of amides is 2. The standard InChI is InChI=1S/C18H20N4OS.ClH/c1-13(14-7-3-2-4-8-14)20-17(23)22(12-11-19)18-21-15-9-5-6-10-16(15)24-18;/h2-10,13H,11-12,19H2,1H3,(H,20,23);1H/t13-;/m1./s1. The Kier molecular flexibility index (Phi) is 6.75. The highest BCUT2D eigenvalue weighted by Gasteiger charge is 2.20. The lowest BCUT2D eigenvalue weighted by molar-refractivity contribution is 0.243. The minimum Gasteiger partial charge on any atom is -0.331 e. The van der Waals surface area contributed by atoms with Crippen LogP contribution in [0.5, 0.6) is 0 Å². The zero-order valence-electron chi connectivity index (χ0n) is 13.9. The molecule has 0 saturated carbocycles. The zero-order chi connectivity index (χ0) is 16.9. The third-order valence-corrected chi connectivity index (χ3v) is 4.81. The molecule has 7 heteroatoms. The largest absolute Gasteiger partial charge is 0.331 e. The summed E-state index contributed by atoms with van der Waals surface area (Å²) >= 11 is 1.49. The van der Waals surface area contributed by atoms with Gasteiger partial charge in [-0.25, -0.2) is 9.78 Å². The topological polar surface area (TPSA) is 71.2 Å². The highest BCUT2D eigenvalue weighted by Crippen LogP contribution is 2.28. The molecule has 1 heterocycles. The number of halogens is 1. The maximum absolute atomic E-state index is 12.7. The van der Waals surface area contributed by atoms with Crippen molar-refractivity contribution in [2.45, 2.75) is 13.0 Å². The SMILES string of the molecule is C[C@@H](NC(=O)N(CCN)c1nc2ccccc2s1)c1ccccc1.Cl. The van der Waals surface area contributed by atoms with Crippen molar-refractivity contribution >= 4 is 45.1 Å². The van der Waals surface area contributed by atoms with E-state index in [1.54, 1.807) is 4.90 Å². The number of rotatable bonds is 5. The van der Waals surface area contributed by atoms with Crippen LogP contribution < -0.4 is 16.0 Å². The molecule has 0 saturated heterocycles. The minimum absolute atomic E-state index is 0. The maximum atomic E-state index is 12.7. The fraction of sp³-hybridized carbons (Fsp3) is 0.222. The van der Waals surface area contributed by atoms with Crippen LogP contribution in [-0.2, 0) is 0 Å². The third kappa shape index (κ3) is 4.48. The Hall–Kier alpha value is -2.15. The third-order valence-electron chi connectivity index (χ3n) is 3.75. The van der Waals surface area contributed by atoms with Crippen LogP contribution in [0.25, 0.3) is 10.2 Å². The van der Waals surface area contributed by atoms with Crippen molar-refractivity contribution in [3.63, 3.8) is 0 Å². The van der Waals surface area contributed by atoms with Crippen molar-refractivity contribution < 1.29 is 4.79 Å². The van der Waals surface area contributed by atoms with E-state index in [2.05, 4.69) is 10.3 Å². The van der Waals surface area contributed by atoms with Gasteiger partial charge in [0.1, 0.15) is 0 Å². The highest BCUT2D eigenvalue weighted by atomic mass is 35.5. The van der Waals surface area contributed by atoms with Crippen LogP contribution in [0.1, 0.15) is 18.5 Å². The van der Waals surface area contributed by atoms with Crippen LogP contribution in [0.4, 0.5) is 9.93 Å². The van der Waals surface area contributed by atoms with Gasteiger partial charge in [0.05, 0.1) is 16.3 Å². The first-order chi connectivity index (χ1) is 11.7. The first-order valence-corrected chi connectivity index (χ1v) is 8.69. The Morgan fingerprint density at radius 1 is 1.20 bits per heavy atom. The van der Waals surface area contributed by atoms with E-state index in [9.17, 15) is 4.79 Å². The molecule has 0 unspecified atom stereocenters. The van der Waals surface area contributed by atoms with Crippen molar-refractivity contribution in [3.05, 3.63) is 60.2 Å². The van der Waals surface area contributed by atoms with Gasteiger partial charge in [-0.1, -0.05) is 53.8 Å². The normalized spacial score (nSPS) is 11.6. The molecule has 3 aromatic rings. The van der Waals surface area contributed by atoms with Crippen molar-refractivity contribution in [2.24, 2.45) is 5.73 Å². The predicted octanol–water partition coefficient (Wildman–Crippen LogP) is 3.95. The molecule has 3 rings (SSSR count). The molecule has 1 aromatic heterocycles. The second-order valence-electron chi connectivity index (χ2n) is 5.49. The van der Waals surface area contributed by atoms with E-state index in [1.165, 1.54) is 11.3 Å². The molecule has 2 aromatic carbocycles. The van der Waals surface area contributed by atoms with Crippen molar-refractivity contribution in [3.8, 4) is 0 Å². The maximum Gasteiger partial charge on any atom is 0.324 e. The molecule has 1 atom stereocenters. The number of thiazole rings is 1. The Labute approximate surface area is 157 Å². The van der Waals surface area contributed by atoms with Crippen LogP contribution in [0.15, 0.2) is 54.6 Å². The zero-order valence-corrected chi connectivity index (χ0v) is 15.5. The lowest BCUT2D eigenvalue weighted by Crippen LogP contribution is -2.43. The number of nitrogens with zero attached hydrogens (tertiary/aromatic N) is 2. The molecule has 3 N–H and O–H groups in total. The molecular formula is C18H21ClN4OS. The minimum atomic E-state index is -0.184. The van der Waals surface area contributed by atoms with Gasteiger partial charge in [0.15, 0.2) is 5.13 Å². The van der Waals surface area contributed by atoms with Gasteiger partial charge in [-0.2, -0.15) is 0 Å². The number of urea groups is 1. The molecule has 0 aliphatic rings. The van der Waals surface area contributed by atoms with E-state index in [0.717, 1.165) is 15.8 Å². The summed E-state index contributed by atoms with van der Waals surface area (Å²) in [5.41, 5.74) is 7.65. The first kappa shape index (κ1) is 19.2. The van der Waals surface area contributed by atoms with Crippen molar-refractivity contribution in [1.29, 1.82) is 0 Å². The quantitative estimate of drug-likeness (QED) is 0.708. The molecule has 2 amide bonds. The Bertz CT molecular complexity index is 791. The second-order valence-corrected chi connectivity index (χ2v) is 6.50. The lowest BCUT2D eigenvalue weighted by Gasteiger charge is -2.22. The number of carbonyl (C=O) groups is 1. The van der Waals surface area contributed by atoms with Gasteiger partial charge in [0.25, 0.3) is 0 Å². The highest BCUT2D eigenvalue weighted by molar-refractivity contribution is 7.22. The predicted molar refractivity (Wildman–Crippen MR) is 107 cm³/mol. The number of hydrogen-bond donors (Lipinski definition) is 2. The van der Waals surface area contributed by atoms with Gasteiger partial charge >= 0.3 is 6.03 Å². The molecule has 0 aliphatic heterocycles. The van der Waals surface area contributed by atoms with E-state index >= 15 is 0 Å². The summed E-state index contributed by atoms with van der Waals surface area (Å²) in [5, 5.41) is 3.69. The number of fused-ring (bicyclic) bond motifs is 1. The van der Waals surface area contributed by atoms with E-state index in [-0.39, 0.29) is 24.5 Å². The number of para-hydroxylation sites is 1. The number of anilines is 1. The fourth-order valence-corrected chi connectivity index (χ4v) is 3.47. The van der Waals surface area contributed by atoms with Crippen LogP contribution in [0.2, 0.25) is 0 Å². The van der Waals surface area contributed by atoms with Crippen LogP contribution >= 0.6 is 23.7 Å². The van der Waals surface area contributed by atoms with Gasteiger partial charge < -0.3 is 11.1 Å². The molecule has 0 spiro atoms. The summed E-state index contributed by atoms with van der Waals surface area (Å²) in [6, 6.07) is 17.5. The number of hydrogen-bond acceptors (Lipinski definition) is 4. The lowest BCUT2D eigenvalue weighted by atomic mass is 10.1. The molecule has 0 radical (unpaired) electrons. The summed E-state index contributed by atoms with van der Waals surface area (Å²) in [4.78, 5) is 18.9. The van der Waals surface area contributed by atoms with E-state index in [1.807, 2.05) is 61.5 Å². The number of carbonyl (C=O) groups excluding carboxylic acids is 1. The number of nitrogens with one attached hydrogen (secondary N) is 1. The Morgan fingerprint density at radius 2 is 1.88 bits per heavy atom. The number of benzene rings is 2. The van der Waals surface area contributed by atoms with Gasteiger partial charge in [-0.15, -0.1) is 12.4 Å². The van der Waals surface area contributed by atoms with Gasteiger partial charge in [0.2, 0.25) is 0 Å². The van der Waals surface area contributed by atoms with Gasteiger partial charge in [-0.05, 0) is 24.6 Å². The molecule has 132 valence electrons. The van der Waals surface area contributed by atoms with Gasteiger partial charge in [0, 0.05) is 13.1 Å². The van der Waals surface area contributed by atoms with Crippen molar-refractivity contribution in [2.75, 3.05) is 18.0 Å². The number of nitrogens with two attached hydrogens (primary N) is 1. The fourth-order valence-electron chi connectivity index (χ4n) is 2.48. The van der Waals surface area contributed by atoms with Gasteiger partial charge in [-0.3, -0.25) is 4.90 Å². The van der Waals surface area contributed by atoms with Crippen molar-refractivity contribution in [1.82, 2.24) is 10.3 Å². The summed E-state index contributed by atoms with van der Waals surface area (Å²) in [5.74, 6) is 0. The monoisotopic (exact) mass is 376 g/mol. The smallest absolute Gasteiger partial charge is 0.324 e. The van der Waals surface area contributed by atoms with E-state index in [0.29, 0.717) is 18.2 Å². The first-order valence-electron chi connectivity index (χ1n) is 7.87. The molecule has 5 nitrogen and oxygen atoms in total. The second kappa shape index (κ2) is 8.80. The molecular weight excluding hydrogens is 356 g/mol. The van der Waals surface area contributed by atoms with Crippen LogP contribution in [-0.4, -0.2) is 24.1 Å². The molecule has 25 heavy (non-hydrogen) atoms. The average Bonchev–Trinajstić information content (AvgIpc) is 3.03. The van der Waals surface area contributed by atoms with E-state index in [4.69, 9.17) is 5.73 Å². The van der Waals surface area contributed by atoms with Crippen LogP contribution in [0.3, 0.4) is 0 Å². The van der Waals surface area contributed by atoms with Crippen LogP contribution in [0, 0.1) is 0 Å². The Balaban J connectivity index is 0.00000225. The molecule has 0 bridgehead atoms. The van der Waals surface area contributed by atoms with E-state index < -0.39 is 0 Å². The summed E-state index contributed by atoms with van der Waals surface area (Å²) in [7, 11) is 0. The number of aromatic nitrogens is 1. The molecule has 0 aliphatic carbocycles. The summed E-state index contributed by atoms with van der Waals surface area (Å²) in [6.07, 6.45) is 0. The molecule has 0 fully saturated rings. The summed E-state index contributed by atoms with van der Waals surface area (Å²) in [6.45, 7) is 2.77. The summed E-state index contributed by atoms with van der Waals surface area (Å²) < 4.78 is 1.05.